The molecule has 19 heavy (non-hydrogen) atoms. The Morgan fingerprint density at radius 2 is 1.74 bits per heavy atom. The fourth-order valence-corrected chi connectivity index (χ4v) is 3.80. The van der Waals surface area contributed by atoms with Crippen molar-refractivity contribution < 1.29 is 0 Å². The van der Waals surface area contributed by atoms with Gasteiger partial charge in [0.05, 0.1) is 0 Å². The Hall–Kier alpha value is -0.0800. The molecular formula is C17H34N2. The van der Waals surface area contributed by atoms with Crippen LogP contribution in [0.25, 0.3) is 0 Å². The molecule has 0 aromatic heterocycles. The topological polar surface area (TPSA) is 15.3 Å². The second-order valence-corrected chi connectivity index (χ2v) is 7.36. The smallest absolute Gasteiger partial charge is 0.0218 e. The van der Waals surface area contributed by atoms with Crippen LogP contribution in [0.3, 0.4) is 0 Å². The maximum absolute atomic E-state index is 3.71. The van der Waals surface area contributed by atoms with Gasteiger partial charge in [0.15, 0.2) is 0 Å². The molecule has 2 unspecified atom stereocenters. The first-order chi connectivity index (χ1) is 9.10. The Morgan fingerprint density at radius 1 is 1.11 bits per heavy atom. The molecule has 2 nitrogen and oxygen atoms in total. The molecule has 2 atom stereocenters. The van der Waals surface area contributed by atoms with Gasteiger partial charge in [-0.15, -0.1) is 0 Å². The predicted octanol–water partition coefficient (Wildman–Crippen LogP) is 3.52. The number of nitrogens with one attached hydrogen (secondary N) is 1. The quantitative estimate of drug-likeness (QED) is 0.837. The molecule has 0 aromatic rings. The molecule has 0 aromatic carbocycles. The van der Waals surface area contributed by atoms with Gasteiger partial charge in [0.2, 0.25) is 0 Å². The largest absolute Gasteiger partial charge is 0.311 e. The Kier molecular flexibility index (Phi) is 5.70. The van der Waals surface area contributed by atoms with E-state index in [1.165, 1.54) is 51.7 Å². The Balaban J connectivity index is 1.80. The molecule has 1 saturated heterocycles. The van der Waals surface area contributed by atoms with Crippen LogP contribution in [-0.2, 0) is 0 Å². The Labute approximate surface area is 120 Å². The van der Waals surface area contributed by atoms with Gasteiger partial charge in [0, 0.05) is 31.7 Å². The van der Waals surface area contributed by atoms with Crippen molar-refractivity contribution in [1.82, 2.24) is 10.2 Å². The molecule has 0 amide bonds. The average molecular weight is 266 g/mol. The van der Waals surface area contributed by atoms with Crippen LogP contribution in [0.2, 0.25) is 0 Å². The van der Waals surface area contributed by atoms with Gasteiger partial charge in [0.1, 0.15) is 0 Å². The maximum atomic E-state index is 3.71. The standard InChI is InChI=1S/C17H34N2/c1-5-15-6-8-16(9-7-15)11-19-12-17(13(2)3)18-10-14(19)4/h13-18H,5-12H2,1-4H3. The molecule has 0 spiro atoms. The van der Waals surface area contributed by atoms with Gasteiger partial charge in [-0.2, -0.15) is 0 Å². The predicted molar refractivity (Wildman–Crippen MR) is 83.4 cm³/mol. The van der Waals surface area contributed by atoms with Gasteiger partial charge in [-0.25, -0.2) is 0 Å². The van der Waals surface area contributed by atoms with Crippen LogP contribution >= 0.6 is 0 Å². The zero-order chi connectivity index (χ0) is 13.8. The first kappa shape index (κ1) is 15.3. The van der Waals surface area contributed by atoms with Crippen molar-refractivity contribution >= 4 is 0 Å². The lowest BCUT2D eigenvalue weighted by Crippen LogP contribution is -2.58. The van der Waals surface area contributed by atoms with Gasteiger partial charge >= 0.3 is 0 Å². The third-order valence-electron chi connectivity index (χ3n) is 5.57. The van der Waals surface area contributed by atoms with E-state index in [1.54, 1.807) is 0 Å². The van der Waals surface area contributed by atoms with E-state index in [4.69, 9.17) is 0 Å². The second kappa shape index (κ2) is 7.08. The van der Waals surface area contributed by atoms with Crippen molar-refractivity contribution in [3.05, 3.63) is 0 Å². The highest BCUT2D eigenvalue weighted by Crippen LogP contribution is 2.31. The third kappa shape index (κ3) is 4.19. The van der Waals surface area contributed by atoms with Crippen LogP contribution < -0.4 is 5.32 Å². The molecule has 0 bridgehead atoms. The monoisotopic (exact) mass is 266 g/mol. The van der Waals surface area contributed by atoms with Crippen molar-refractivity contribution in [1.29, 1.82) is 0 Å². The van der Waals surface area contributed by atoms with E-state index >= 15 is 0 Å². The molecule has 1 aliphatic heterocycles. The lowest BCUT2D eigenvalue weighted by molar-refractivity contribution is 0.0900. The third-order valence-corrected chi connectivity index (χ3v) is 5.57. The minimum absolute atomic E-state index is 0.697. The number of nitrogens with zero attached hydrogens (tertiary/aromatic N) is 1. The van der Waals surface area contributed by atoms with Crippen molar-refractivity contribution in [2.75, 3.05) is 19.6 Å². The van der Waals surface area contributed by atoms with Crippen molar-refractivity contribution in [2.24, 2.45) is 17.8 Å². The van der Waals surface area contributed by atoms with Crippen LogP contribution in [0.1, 0.15) is 59.8 Å². The molecule has 2 rings (SSSR count). The van der Waals surface area contributed by atoms with Crippen molar-refractivity contribution in [3.8, 4) is 0 Å². The van der Waals surface area contributed by atoms with Gasteiger partial charge in [-0.1, -0.05) is 40.0 Å². The first-order valence-corrected chi connectivity index (χ1v) is 8.57. The summed E-state index contributed by atoms with van der Waals surface area (Å²) in [5.41, 5.74) is 0. The van der Waals surface area contributed by atoms with Crippen LogP contribution in [-0.4, -0.2) is 36.6 Å². The summed E-state index contributed by atoms with van der Waals surface area (Å²) in [6, 6.07) is 1.42. The number of piperazine rings is 1. The summed E-state index contributed by atoms with van der Waals surface area (Å²) in [5, 5.41) is 3.71. The molecule has 2 heteroatoms. The normalized spacial score (nSPS) is 37.7. The second-order valence-electron chi connectivity index (χ2n) is 7.36. The fourth-order valence-electron chi connectivity index (χ4n) is 3.80. The van der Waals surface area contributed by atoms with Crippen LogP contribution in [0, 0.1) is 17.8 Å². The van der Waals surface area contributed by atoms with E-state index in [2.05, 4.69) is 37.9 Å². The van der Waals surface area contributed by atoms with Gasteiger partial charge in [0.25, 0.3) is 0 Å². The van der Waals surface area contributed by atoms with Crippen LogP contribution in [0.5, 0.6) is 0 Å². The Morgan fingerprint density at radius 3 is 2.32 bits per heavy atom. The highest BCUT2D eigenvalue weighted by molar-refractivity contribution is 4.87. The summed E-state index contributed by atoms with van der Waals surface area (Å²) in [4.78, 5) is 2.76. The summed E-state index contributed by atoms with van der Waals surface area (Å²) in [6.45, 7) is 13.2. The van der Waals surface area contributed by atoms with E-state index < -0.39 is 0 Å². The summed E-state index contributed by atoms with van der Waals surface area (Å²) in [6.07, 6.45) is 7.31. The van der Waals surface area contributed by atoms with E-state index in [-0.39, 0.29) is 0 Å². The SMILES string of the molecule is CCC1CCC(CN2CC(C(C)C)NCC2C)CC1. The lowest BCUT2D eigenvalue weighted by atomic mass is 9.80. The Bertz CT molecular complexity index is 256. The van der Waals surface area contributed by atoms with Gasteiger partial charge < -0.3 is 5.32 Å². The van der Waals surface area contributed by atoms with Crippen molar-refractivity contribution in [2.45, 2.75) is 71.9 Å². The number of rotatable bonds is 4. The van der Waals surface area contributed by atoms with Gasteiger partial charge in [-0.05, 0) is 37.5 Å². The molecule has 2 fully saturated rings. The zero-order valence-electron chi connectivity index (χ0n) is 13.5. The zero-order valence-corrected chi connectivity index (χ0v) is 13.5. The lowest BCUT2D eigenvalue weighted by Gasteiger charge is -2.43. The van der Waals surface area contributed by atoms with Crippen molar-refractivity contribution in [3.63, 3.8) is 0 Å². The first-order valence-electron chi connectivity index (χ1n) is 8.57. The van der Waals surface area contributed by atoms with Gasteiger partial charge in [-0.3, -0.25) is 4.90 Å². The molecular weight excluding hydrogens is 232 g/mol. The summed E-state index contributed by atoms with van der Waals surface area (Å²) in [7, 11) is 0. The maximum Gasteiger partial charge on any atom is 0.0218 e. The van der Waals surface area contributed by atoms with Crippen LogP contribution in [0.15, 0.2) is 0 Å². The average Bonchev–Trinajstić information content (AvgIpc) is 2.42. The molecule has 1 aliphatic carbocycles. The molecule has 1 heterocycles. The minimum atomic E-state index is 0.697. The molecule has 2 aliphatic rings. The van der Waals surface area contributed by atoms with E-state index in [0.29, 0.717) is 6.04 Å². The molecule has 112 valence electrons. The van der Waals surface area contributed by atoms with E-state index in [1.807, 2.05) is 0 Å². The van der Waals surface area contributed by atoms with Crippen LogP contribution in [0.4, 0.5) is 0 Å². The fraction of sp³-hybridized carbons (Fsp3) is 1.00. The highest BCUT2D eigenvalue weighted by Gasteiger charge is 2.29. The highest BCUT2D eigenvalue weighted by atomic mass is 15.2. The number of hydrogen-bond acceptors (Lipinski definition) is 2. The summed E-state index contributed by atoms with van der Waals surface area (Å²) >= 11 is 0. The summed E-state index contributed by atoms with van der Waals surface area (Å²) < 4.78 is 0. The van der Waals surface area contributed by atoms with E-state index in [9.17, 15) is 0 Å². The molecule has 1 N–H and O–H groups in total. The van der Waals surface area contributed by atoms with E-state index in [0.717, 1.165) is 23.8 Å². The summed E-state index contributed by atoms with van der Waals surface area (Å²) in [5.74, 6) is 2.75. The molecule has 0 radical (unpaired) electrons. The molecule has 1 saturated carbocycles. The minimum Gasteiger partial charge on any atom is -0.311 e. The number of hydrogen-bond donors (Lipinski definition) is 1.